The molecule has 0 radical (unpaired) electrons. The topological polar surface area (TPSA) is 66.4 Å². The Balaban J connectivity index is 0.0000176. The van der Waals surface area contributed by atoms with E-state index in [2.05, 4.69) is 4.18 Å². The Morgan fingerprint density at radius 3 is 1.37 bits per heavy atom. The summed E-state index contributed by atoms with van der Waals surface area (Å²) in [4.78, 5) is 0. The van der Waals surface area contributed by atoms with E-state index < -0.39 is 75.3 Å². The Morgan fingerprint density at radius 1 is 0.651 bits per heavy atom. The fraction of sp³-hybridized carbons (Fsp3) is 0.700. The first-order valence-electron chi connectivity index (χ1n) is 10.8. The van der Waals surface area contributed by atoms with E-state index in [9.17, 15) is 87.6 Å². The standard InChI is InChI=1S/C20H17F17O4S.Na/c1-2-3-4-5-12(41-42(38,39)40)10-6-8-11(9-7-10)13(21,22)14(23,24)15(25,26)16(27,28)17(29,30)18(31,32)19(33,34)20(35,36)37;/h6-9,12H,2-5H2,1H3,(H,38,39,40);/q;+1/p-1. The predicted octanol–water partition coefficient (Wildman–Crippen LogP) is 5.25. The molecule has 1 atom stereocenters. The van der Waals surface area contributed by atoms with Crippen LogP contribution in [0.4, 0.5) is 74.6 Å². The number of rotatable bonds is 14. The van der Waals surface area contributed by atoms with Crippen molar-refractivity contribution >= 4 is 10.4 Å². The van der Waals surface area contributed by atoms with Crippen molar-refractivity contribution in [2.45, 2.75) is 86.3 Å². The molecule has 23 heteroatoms. The van der Waals surface area contributed by atoms with E-state index in [1.54, 1.807) is 6.92 Å². The van der Waals surface area contributed by atoms with E-state index in [1.807, 2.05) is 0 Å². The van der Waals surface area contributed by atoms with Crippen LogP contribution in [0.5, 0.6) is 0 Å². The van der Waals surface area contributed by atoms with E-state index in [1.165, 1.54) is 0 Å². The summed E-state index contributed by atoms with van der Waals surface area (Å²) >= 11 is 0. The minimum Gasteiger partial charge on any atom is -0.726 e. The second-order valence-electron chi connectivity index (χ2n) is 8.63. The summed E-state index contributed by atoms with van der Waals surface area (Å²) in [7, 11) is -5.51. The molecule has 1 unspecified atom stereocenters. The Kier molecular flexibility index (Phi) is 12.6. The average Bonchev–Trinajstić information content (AvgIpc) is 2.81. The number of hydrogen-bond donors (Lipinski definition) is 0. The van der Waals surface area contributed by atoms with Gasteiger partial charge in [-0.05, 0) is 12.0 Å². The second-order valence-corrected chi connectivity index (χ2v) is 9.64. The zero-order valence-corrected chi connectivity index (χ0v) is 24.0. The van der Waals surface area contributed by atoms with Gasteiger partial charge < -0.3 is 4.55 Å². The molecule has 0 aliphatic carbocycles. The Labute approximate surface area is 253 Å². The maximum atomic E-state index is 14.4. The van der Waals surface area contributed by atoms with E-state index >= 15 is 0 Å². The molecule has 0 N–H and O–H groups in total. The molecule has 0 saturated heterocycles. The van der Waals surface area contributed by atoms with Crippen molar-refractivity contribution in [3.05, 3.63) is 35.4 Å². The summed E-state index contributed by atoms with van der Waals surface area (Å²) < 4.78 is 266. The number of unbranched alkanes of at least 4 members (excludes halogenated alkanes) is 2. The van der Waals surface area contributed by atoms with Crippen LogP contribution in [-0.2, 0) is 20.5 Å². The number of benzene rings is 1. The normalized spacial score (nSPS) is 15.7. The quantitative estimate of drug-likeness (QED) is 0.0876. The largest absolute Gasteiger partial charge is 1.00 e. The van der Waals surface area contributed by atoms with Crippen LogP contribution in [0.15, 0.2) is 24.3 Å². The van der Waals surface area contributed by atoms with Crippen LogP contribution in [0, 0.1) is 0 Å². The van der Waals surface area contributed by atoms with Gasteiger partial charge >= 0.3 is 77.2 Å². The Morgan fingerprint density at radius 2 is 1.02 bits per heavy atom. The maximum Gasteiger partial charge on any atom is 1.00 e. The van der Waals surface area contributed by atoms with Crippen LogP contribution in [0.1, 0.15) is 49.8 Å². The molecule has 0 aliphatic rings. The summed E-state index contributed by atoms with van der Waals surface area (Å²) in [5.41, 5.74) is -3.06. The van der Waals surface area contributed by atoms with Crippen LogP contribution in [0.25, 0.3) is 0 Å². The average molecular weight is 698 g/mol. The molecule has 1 aromatic rings. The van der Waals surface area contributed by atoms with Gasteiger partial charge in [0.2, 0.25) is 10.4 Å². The van der Waals surface area contributed by atoms with Crippen molar-refractivity contribution in [1.29, 1.82) is 0 Å². The second kappa shape index (κ2) is 13.0. The molecule has 0 amide bonds. The van der Waals surface area contributed by atoms with Gasteiger partial charge in [0.05, 0.1) is 0 Å². The van der Waals surface area contributed by atoms with E-state index in [0.717, 1.165) is 0 Å². The molecule has 0 bridgehead atoms. The minimum absolute atomic E-state index is 0. The molecule has 4 nitrogen and oxygen atoms in total. The molecule has 0 aromatic heterocycles. The van der Waals surface area contributed by atoms with Crippen LogP contribution < -0.4 is 29.6 Å². The molecule has 0 aliphatic heterocycles. The molecular weight excluding hydrogens is 682 g/mol. The fourth-order valence-electron chi connectivity index (χ4n) is 3.24. The van der Waals surface area contributed by atoms with Crippen LogP contribution >= 0.6 is 0 Å². The first kappa shape index (κ1) is 41.9. The molecule has 246 valence electrons. The molecule has 0 saturated carbocycles. The minimum atomic E-state index is -8.74. The SMILES string of the molecule is CCCCCC(OS(=O)(=O)[O-])c1ccc(C(F)(F)C(F)(F)C(F)(F)C(F)(F)C(F)(F)C(F)(F)C(F)(F)C(F)(F)F)cc1.[Na+]. The molecule has 43 heavy (non-hydrogen) atoms. The Hall–Kier alpha value is -1.10. The van der Waals surface area contributed by atoms with E-state index in [-0.39, 0.29) is 66.7 Å². The van der Waals surface area contributed by atoms with Crippen LogP contribution in [0.2, 0.25) is 0 Å². The third kappa shape index (κ3) is 7.33. The van der Waals surface area contributed by atoms with Gasteiger partial charge in [0.25, 0.3) is 0 Å². The van der Waals surface area contributed by atoms with Gasteiger partial charge in [-0.2, -0.15) is 74.6 Å². The third-order valence-electron chi connectivity index (χ3n) is 5.67. The monoisotopic (exact) mass is 698 g/mol. The van der Waals surface area contributed by atoms with Crippen molar-refractivity contribution in [2.75, 3.05) is 0 Å². The summed E-state index contributed by atoms with van der Waals surface area (Å²) in [6, 6.07) is -0.195. The van der Waals surface area contributed by atoms with Gasteiger partial charge in [-0.25, -0.2) is 8.42 Å². The number of hydrogen-bond acceptors (Lipinski definition) is 4. The third-order valence-corrected chi connectivity index (χ3v) is 6.14. The van der Waals surface area contributed by atoms with Crippen LogP contribution in [0.3, 0.4) is 0 Å². The first-order valence-corrected chi connectivity index (χ1v) is 12.2. The van der Waals surface area contributed by atoms with Crippen LogP contribution in [-0.4, -0.2) is 54.7 Å². The zero-order chi connectivity index (χ0) is 33.6. The summed E-state index contributed by atoms with van der Waals surface area (Å²) in [5.74, 6) is -57.4. The van der Waals surface area contributed by atoms with Crippen molar-refractivity contribution in [3.63, 3.8) is 0 Å². The van der Waals surface area contributed by atoms with E-state index in [4.69, 9.17) is 0 Å². The molecule has 1 aromatic carbocycles. The van der Waals surface area contributed by atoms with E-state index in [0.29, 0.717) is 12.8 Å². The molecule has 0 spiro atoms. The van der Waals surface area contributed by atoms with Gasteiger partial charge in [0.1, 0.15) is 6.10 Å². The van der Waals surface area contributed by atoms with Crippen molar-refractivity contribution < 1.29 is 121 Å². The van der Waals surface area contributed by atoms with Crippen molar-refractivity contribution in [1.82, 2.24) is 0 Å². The Bertz CT molecular complexity index is 1180. The summed E-state index contributed by atoms with van der Waals surface area (Å²) in [6.45, 7) is 1.65. The number of alkyl halides is 17. The molecular formula is C20H16F17NaO4S. The van der Waals surface area contributed by atoms with Gasteiger partial charge in [0, 0.05) is 5.56 Å². The fourth-order valence-corrected chi connectivity index (χ4v) is 3.74. The van der Waals surface area contributed by atoms with Gasteiger partial charge in [-0.3, -0.25) is 4.18 Å². The molecule has 1 rings (SSSR count). The number of halogens is 17. The maximum absolute atomic E-state index is 14.4. The first-order chi connectivity index (χ1) is 18.4. The summed E-state index contributed by atoms with van der Waals surface area (Å²) in [6.07, 6.45) is -9.04. The molecule has 0 fully saturated rings. The summed E-state index contributed by atoms with van der Waals surface area (Å²) in [5, 5.41) is 0. The van der Waals surface area contributed by atoms with Gasteiger partial charge in [-0.1, -0.05) is 50.5 Å². The zero-order valence-electron chi connectivity index (χ0n) is 21.2. The molecule has 0 heterocycles. The van der Waals surface area contributed by atoms with Gasteiger partial charge in [-0.15, -0.1) is 0 Å². The predicted molar refractivity (Wildman–Crippen MR) is 104 cm³/mol. The van der Waals surface area contributed by atoms with Crippen molar-refractivity contribution in [3.8, 4) is 0 Å². The van der Waals surface area contributed by atoms with Crippen molar-refractivity contribution in [2.24, 2.45) is 0 Å². The van der Waals surface area contributed by atoms with Gasteiger partial charge in [0.15, 0.2) is 0 Å². The smallest absolute Gasteiger partial charge is 0.726 e.